The fourth-order valence-electron chi connectivity index (χ4n) is 2.42. The van der Waals surface area contributed by atoms with E-state index >= 15 is 0 Å². The molecule has 7 nitrogen and oxygen atoms in total. The zero-order valence-corrected chi connectivity index (χ0v) is 13.7. The molecule has 1 aliphatic rings. The zero-order chi connectivity index (χ0) is 16.3. The molecule has 2 amide bonds. The highest BCUT2D eigenvalue weighted by molar-refractivity contribution is 9.10. The lowest BCUT2D eigenvalue weighted by Crippen LogP contribution is -2.46. The minimum Gasteiger partial charge on any atom is -0.481 e. The highest BCUT2D eigenvalue weighted by Crippen LogP contribution is 2.18. The molecule has 1 aromatic heterocycles. The summed E-state index contributed by atoms with van der Waals surface area (Å²) < 4.78 is 5.45. The normalized spacial score (nSPS) is 18.1. The Morgan fingerprint density at radius 3 is 2.82 bits per heavy atom. The number of amides is 2. The zero-order valence-electron chi connectivity index (χ0n) is 12.1. The van der Waals surface area contributed by atoms with Gasteiger partial charge in [-0.25, -0.2) is 0 Å². The first kappa shape index (κ1) is 16.5. The smallest absolute Gasteiger partial charge is 0.308 e. The first-order chi connectivity index (χ1) is 10.4. The summed E-state index contributed by atoms with van der Waals surface area (Å²) in [5.74, 6) is -1.98. The highest BCUT2D eigenvalue weighted by Gasteiger charge is 2.29. The second-order valence-electron chi connectivity index (χ2n) is 5.32. The van der Waals surface area contributed by atoms with Crippen molar-refractivity contribution in [2.75, 3.05) is 26.7 Å². The number of halogens is 1. The molecule has 22 heavy (non-hydrogen) atoms. The van der Waals surface area contributed by atoms with Crippen molar-refractivity contribution < 1.29 is 23.9 Å². The van der Waals surface area contributed by atoms with E-state index in [1.54, 1.807) is 0 Å². The molecule has 1 aromatic rings. The van der Waals surface area contributed by atoms with Crippen molar-refractivity contribution in [2.24, 2.45) is 5.92 Å². The Bertz CT molecular complexity index is 586. The van der Waals surface area contributed by atoms with Crippen LogP contribution in [0.1, 0.15) is 23.2 Å². The van der Waals surface area contributed by atoms with Crippen molar-refractivity contribution in [3.8, 4) is 0 Å². The van der Waals surface area contributed by atoms with E-state index in [0.717, 1.165) is 0 Å². The summed E-state index contributed by atoms with van der Waals surface area (Å²) in [6.45, 7) is 0.642. The van der Waals surface area contributed by atoms with Gasteiger partial charge in [-0.05, 0) is 28.8 Å². The predicted octanol–water partition coefficient (Wildman–Crippen LogP) is 1.44. The maximum atomic E-state index is 12.2. The van der Waals surface area contributed by atoms with E-state index in [1.165, 1.54) is 29.2 Å². The first-order valence-electron chi connectivity index (χ1n) is 6.88. The fraction of sp³-hybridized carbons (Fsp3) is 0.500. The summed E-state index contributed by atoms with van der Waals surface area (Å²) >= 11 is 3.11. The molecule has 0 saturated carbocycles. The van der Waals surface area contributed by atoms with Crippen molar-refractivity contribution >= 4 is 33.7 Å². The van der Waals surface area contributed by atoms with Gasteiger partial charge >= 0.3 is 5.97 Å². The van der Waals surface area contributed by atoms with Gasteiger partial charge in [-0.15, -0.1) is 0 Å². The minimum atomic E-state index is -0.884. The van der Waals surface area contributed by atoms with Gasteiger partial charge in [0.15, 0.2) is 4.67 Å². The average molecular weight is 373 g/mol. The quantitative estimate of drug-likeness (QED) is 0.863. The second-order valence-corrected chi connectivity index (χ2v) is 6.10. The lowest BCUT2D eigenvalue weighted by Gasteiger charge is -2.31. The largest absolute Gasteiger partial charge is 0.481 e. The standard InChI is InChI=1S/C14H17BrN2O5/c1-16(13(19)10-5-11(15)22-8-10)7-12(18)17-4-2-3-9(6-17)14(20)21/h5,8-9H,2-4,6-7H2,1H3,(H,20,21). The van der Waals surface area contributed by atoms with Gasteiger partial charge in [0.2, 0.25) is 5.91 Å². The van der Waals surface area contributed by atoms with Gasteiger partial charge in [0.25, 0.3) is 5.91 Å². The topological polar surface area (TPSA) is 91.1 Å². The van der Waals surface area contributed by atoms with Crippen molar-refractivity contribution in [2.45, 2.75) is 12.8 Å². The van der Waals surface area contributed by atoms with E-state index in [2.05, 4.69) is 15.9 Å². The van der Waals surface area contributed by atoms with E-state index in [9.17, 15) is 14.4 Å². The number of carboxylic acid groups (broad SMARTS) is 1. The lowest BCUT2D eigenvalue weighted by molar-refractivity contribution is -0.145. The van der Waals surface area contributed by atoms with E-state index in [-0.39, 0.29) is 24.9 Å². The summed E-state index contributed by atoms with van der Waals surface area (Å²) in [6, 6.07) is 1.53. The van der Waals surface area contributed by atoms with Crippen LogP contribution in [0.4, 0.5) is 0 Å². The number of likely N-dealkylation sites (N-methyl/N-ethyl adjacent to an activating group) is 1. The molecule has 2 rings (SSSR count). The van der Waals surface area contributed by atoms with Crippen LogP contribution in [0.2, 0.25) is 0 Å². The molecule has 0 aliphatic carbocycles. The molecule has 1 aliphatic heterocycles. The molecule has 120 valence electrons. The van der Waals surface area contributed by atoms with Gasteiger partial charge in [0.05, 0.1) is 18.0 Å². The number of hydrogen-bond acceptors (Lipinski definition) is 4. The first-order valence-corrected chi connectivity index (χ1v) is 7.68. The van der Waals surface area contributed by atoms with Crippen LogP contribution in [0.25, 0.3) is 0 Å². The van der Waals surface area contributed by atoms with Crippen LogP contribution in [0.3, 0.4) is 0 Å². The number of likely N-dealkylation sites (tertiary alicyclic amines) is 1. The van der Waals surface area contributed by atoms with Crippen LogP contribution in [-0.2, 0) is 9.59 Å². The average Bonchev–Trinajstić information content (AvgIpc) is 2.93. The van der Waals surface area contributed by atoms with Crippen LogP contribution in [0, 0.1) is 5.92 Å². The third-order valence-corrected chi connectivity index (χ3v) is 4.07. The van der Waals surface area contributed by atoms with Gasteiger partial charge in [0, 0.05) is 26.2 Å². The van der Waals surface area contributed by atoms with E-state index in [0.29, 0.717) is 29.6 Å². The predicted molar refractivity (Wildman–Crippen MR) is 80.3 cm³/mol. The Balaban J connectivity index is 1.93. The number of carboxylic acids is 1. The van der Waals surface area contributed by atoms with Crippen molar-refractivity contribution in [1.29, 1.82) is 0 Å². The Kier molecular flexibility index (Phi) is 5.23. The summed E-state index contributed by atoms with van der Waals surface area (Å²) in [4.78, 5) is 38.2. The SMILES string of the molecule is CN(CC(=O)N1CCCC(C(=O)O)C1)C(=O)c1coc(Br)c1. The maximum Gasteiger partial charge on any atom is 0.308 e. The monoisotopic (exact) mass is 372 g/mol. The van der Waals surface area contributed by atoms with Crippen molar-refractivity contribution in [1.82, 2.24) is 9.80 Å². The lowest BCUT2D eigenvalue weighted by atomic mass is 9.98. The molecule has 1 fully saturated rings. The van der Waals surface area contributed by atoms with Gasteiger partial charge in [0.1, 0.15) is 6.26 Å². The number of rotatable bonds is 4. The second kappa shape index (κ2) is 6.95. The molecule has 1 saturated heterocycles. The minimum absolute atomic E-state index is 0.0893. The number of carbonyl (C=O) groups excluding carboxylic acids is 2. The van der Waals surface area contributed by atoms with Crippen LogP contribution < -0.4 is 0 Å². The highest BCUT2D eigenvalue weighted by atomic mass is 79.9. The number of aliphatic carboxylic acids is 1. The third-order valence-electron chi connectivity index (χ3n) is 3.66. The van der Waals surface area contributed by atoms with Crippen LogP contribution in [-0.4, -0.2) is 59.4 Å². The van der Waals surface area contributed by atoms with E-state index < -0.39 is 11.9 Å². The van der Waals surface area contributed by atoms with E-state index in [4.69, 9.17) is 9.52 Å². The number of hydrogen-bond donors (Lipinski definition) is 1. The van der Waals surface area contributed by atoms with Crippen molar-refractivity contribution in [3.05, 3.63) is 22.6 Å². The summed E-state index contributed by atoms with van der Waals surface area (Å²) in [6.07, 6.45) is 2.56. The van der Waals surface area contributed by atoms with Crippen LogP contribution in [0.5, 0.6) is 0 Å². The summed E-state index contributed by atoms with van der Waals surface area (Å²) in [7, 11) is 1.53. The molecule has 0 bridgehead atoms. The maximum absolute atomic E-state index is 12.2. The summed E-state index contributed by atoms with van der Waals surface area (Å²) in [5.41, 5.74) is 0.351. The van der Waals surface area contributed by atoms with E-state index in [1.807, 2.05) is 0 Å². The van der Waals surface area contributed by atoms with Crippen LogP contribution >= 0.6 is 15.9 Å². The molecule has 0 radical (unpaired) electrons. The molecule has 1 atom stereocenters. The third kappa shape index (κ3) is 3.88. The molecule has 1 N–H and O–H groups in total. The molecular formula is C14H17BrN2O5. The summed E-state index contributed by atoms with van der Waals surface area (Å²) in [5, 5.41) is 9.04. The number of nitrogens with zero attached hydrogens (tertiary/aromatic N) is 2. The fourth-order valence-corrected chi connectivity index (χ4v) is 2.76. The number of piperidine rings is 1. The Labute approximate surface area is 136 Å². The molecular weight excluding hydrogens is 356 g/mol. The Hall–Kier alpha value is -1.83. The Morgan fingerprint density at radius 2 is 2.23 bits per heavy atom. The van der Waals surface area contributed by atoms with Gasteiger partial charge in [-0.2, -0.15) is 0 Å². The van der Waals surface area contributed by atoms with Gasteiger partial charge < -0.3 is 19.3 Å². The van der Waals surface area contributed by atoms with Crippen molar-refractivity contribution in [3.63, 3.8) is 0 Å². The Morgan fingerprint density at radius 1 is 1.50 bits per heavy atom. The van der Waals surface area contributed by atoms with Crippen LogP contribution in [0.15, 0.2) is 21.4 Å². The molecule has 8 heteroatoms. The van der Waals surface area contributed by atoms with Gasteiger partial charge in [-0.3, -0.25) is 14.4 Å². The molecule has 0 spiro atoms. The molecule has 2 heterocycles. The number of carbonyl (C=O) groups is 3. The van der Waals surface area contributed by atoms with Gasteiger partial charge in [-0.1, -0.05) is 0 Å². The molecule has 0 aromatic carbocycles. The number of furan rings is 1. The molecule has 1 unspecified atom stereocenters.